The van der Waals surface area contributed by atoms with E-state index >= 15 is 0 Å². The van der Waals surface area contributed by atoms with Crippen LogP contribution in [0.25, 0.3) is 0 Å². The third kappa shape index (κ3) is 2.11. The Bertz CT molecular complexity index is 703. The fraction of sp³-hybridized carbons (Fsp3) is 0.375. The second-order valence-corrected chi connectivity index (χ2v) is 6.10. The van der Waals surface area contributed by atoms with Crippen LogP contribution in [0.5, 0.6) is 0 Å². The largest absolute Gasteiger partial charge is 0.363 e. The van der Waals surface area contributed by atoms with Gasteiger partial charge in [-0.2, -0.15) is 0 Å². The van der Waals surface area contributed by atoms with Crippen LogP contribution in [0, 0.1) is 0 Å². The summed E-state index contributed by atoms with van der Waals surface area (Å²) in [6, 6.07) is 10.2. The van der Waals surface area contributed by atoms with Crippen molar-refractivity contribution in [3.63, 3.8) is 0 Å². The molecule has 4 nitrogen and oxygen atoms in total. The van der Waals surface area contributed by atoms with E-state index in [0.717, 1.165) is 6.42 Å². The molecule has 4 heteroatoms. The molecule has 1 N–H and O–H groups in total. The lowest BCUT2D eigenvalue weighted by molar-refractivity contribution is 0.493. The summed E-state index contributed by atoms with van der Waals surface area (Å²) in [7, 11) is 1.70. The van der Waals surface area contributed by atoms with Gasteiger partial charge in [0.25, 0.3) is 5.56 Å². The highest BCUT2D eigenvalue weighted by Gasteiger charge is 2.36. The summed E-state index contributed by atoms with van der Waals surface area (Å²) in [5.74, 6) is 0.644. The van der Waals surface area contributed by atoms with Crippen LogP contribution in [0.15, 0.2) is 41.5 Å². The van der Waals surface area contributed by atoms with Gasteiger partial charge in [0.05, 0.1) is 12.4 Å². The number of hydrogen-bond donors (Lipinski definition) is 1. The first kappa shape index (κ1) is 12.9. The summed E-state index contributed by atoms with van der Waals surface area (Å²) in [4.78, 5) is 15.9. The predicted molar refractivity (Wildman–Crippen MR) is 79.9 cm³/mol. The average Bonchev–Trinajstić information content (AvgIpc) is 2.66. The fourth-order valence-electron chi connectivity index (χ4n) is 3.00. The van der Waals surface area contributed by atoms with E-state index in [2.05, 4.69) is 48.4 Å². The SMILES string of the molecule is Cn1cnc(NC2CC(C)(C)c3ccccc32)cc1=O. The lowest BCUT2D eigenvalue weighted by Crippen LogP contribution is -2.19. The number of anilines is 1. The van der Waals surface area contributed by atoms with E-state index in [4.69, 9.17) is 0 Å². The van der Waals surface area contributed by atoms with Crippen LogP contribution < -0.4 is 10.9 Å². The molecule has 1 aliphatic rings. The molecule has 1 heterocycles. The summed E-state index contributed by atoms with van der Waals surface area (Å²) in [6.45, 7) is 4.51. The Morgan fingerprint density at radius 3 is 2.85 bits per heavy atom. The van der Waals surface area contributed by atoms with Crippen molar-refractivity contribution < 1.29 is 0 Å². The molecule has 3 rings (SSSR count). The number of nitrogens with one attached hydrogen (secondary N) is 1. The third-order valence-corrected chi connectivity index (χ3v) is 4.08. The Morgan fingerprint density at radius 2 is 2.10 bits per heavy atom. The number of aromatic nitrogens is 2. The number of nitrogens with zero attached hydrogens (tertiary/aromatic N) is 2. The number of hydrogen-bond acceptors (Lipinski definition) is 3. The highest BCUT2D eigenvalue weighted by molar-refractivity contribution is 5.46. The molecule has 1 aliphatic carbocycles. The summed E-state index contributed by atoms with van der Waals surface area (Å²) in [5.41, 5.74) is 2.78. The number of fused-ring (bicyclic) bond motifs is 1. The van der Waals surface area contributed by atoms with Crippen LogP contribution in [0.4, 0.5) is 5.82 Å². The van der Waals surface area contributed by atoms with Gasteiger partial charge in [-0.05, 0) is 23.0 Å². The fourth-order valence-corrected chi connectivity index (χ4v) is 3.00. The van der Waals surface area contributed by atoms with Crippen LogP contribution in [-0.4, -0.2) is 9.55 Å². The molecule has 0 fully saturated rings. The van der Waals surface area contributed by atoms with Crippen molar-refractivity contribution in [2.75, 3.05) is 5.32 Å². The first-order valence-electron chi connectivity index (χ1n) is 6.86. The lowest BCUT2D eigenvalue weighted by atomic mass is 9.86. The van der Waals surface area contributed by atoms with Gasteiger partial charge in [0.1, 0.15) is 5.82 Å². The molecule has 1 unspecified atom stereocenters. The minimum atomic E-state index is -0.0481. The topological polar surface area (TPSA) is 46.9 Å². The van der Waals surface area contributed by atoms with E-state index < -0.39 is 0 Å². The maximum Gasteiger partial charge on any atom is 0.255 e. The number of rotatable bonds is 2. The van der Waals surface area contributed by atoms with Crippen molar-refractivity contribution >= 4 is 5.82 Å². The van der Waals surface area contributed by atoms with E-state index in [-0.39, 0.29) is 17.0 Å². The van der Waals surface area contributed by atoms with E-state index in [1.165, 1.54) is 15.7 Å². The molecule has 20 heavy (non-hydrogen) atoms. The Hall–Kier alpha value is -2.10. The van der Waals surface area contributed by atoms with Gasteiger partial charge in [-0.15, -0.1) is 0 Å². The van der Waals surface area contributed by atoms with Gasteiger partial charge in [-0.25, -0.2) is 4.98 Å². The highest BCUT2D eigenvalue weighted by atomic mass is 16.1. The van der Waals surface area contributed by atoms with Gasteiger partial charge in [0.15, 0.2) is 0 Å². The van der Waals surface area contributed by atoms with E-state index in [1.807, 2.05) is 0 Å². The molecule has 1 aromatic carbocycles. The zero-order valence-corrected chi connectivity index (χ0v) is 12.1. The summed E-state index contributed by atoms with van der Waals surface area (Å²) >= 11 is 0. The zero-order valence-electron chi connectivity index (χ0n) is 12.1. The minimum Gasteiger partial charge on any atom is -0.363 e. The zero-order chi connectivity index (χ0) is 14.3. The van der Waals surface area contributed by atoms with E-state index in [1.54, 1.807) is 19.4 Å². The molecule has 104 valence electrons. The van der Waals surface area contributed by atoms with Crippen LogP contribution in [0.2, 0.25) is 0 Å². The molecule has 0 spiro atoms. The maximum atomic E-state index is 11.7. The van der Waals surface area contributed by atoms with Crippen molar-refractivity contribution in [3.05, 3.63) is 58.1 Å². The second kappa shape index (κ2) is 4.47. The lowest BCUT2D eigenvalue weighted by Gasteiger charge is -2.19. The second-order valence-electron chi connectivity index (χ2n) is 6.10. The smallest absolute Gasteiger partial charge is 0.255 e. The molecular formula is C16H19N3O. The van der Waals surface area contributed by atoms with Gasteiger partial charge in [-0.3, -0.25) is 4.79 Å². The molecule has 0 aliphatic heterocycles. The summed E-state index contributed by atoms with van der Waals surface area (Å²) < 4.78 is 1.47. The first-order valence-corrected chi connectivity index (χ1v) is 6.86. The molecule has 1 atom stereocenters. The van der Waals surface area contributed by atoms with Gasteiger partial charge in [0.2, 0.25) is 0 Å². The predicted octanol–water partition coefficient (Wildman–Crippen LogP) is 2.61. The minimum absolute atomic E-state index is 0.0481. The van der Waals surface area contributed by atoms with Crippen LogP contribution in [0.3, 0.4) is 0 Å². The molecule has 0 saturated carbocycles. The molecule has 1 aromatic heterocycles. The van der Waals surface area contributed by atoms with Crippen molar-refractivity contribution in [1.29, 1.82) is 0 Å². The Kier molecular flexibility index (Phi) is 2.89. The van der Waals surface area contributed by atoms with Gasteiger partial charge in [-0.1, -0.05) is 38.1 Å². The number of aryl methyl sites for hydroxylation is 1. The maximum absolute atomic E-state index is 11.7. The van der Waals surface area contributed by atoms with Crippen molar-refractivity contribution in [2.45, 2.75) is 31.7 Å². The Balaban J connectivity index is 1.93. The molecule has 0 saturated heterocycles. The molecular weight excluding hydrogens is 250 g/mol. The van der Waals surface area contributed by atoms with E-state index in [0.29, 0.717) is 5.82 Å². The van der Waals surface area contributed by atoms with Gasteiger partial charge in [0, 0.05) is 13.1 Å². The van der Waals surface area contributed by atoms with Crippen LogP contribution >= 0.6 is 0 Å². The molecule has 0 amide bonds. The normalized spacial score (nSPS) is 19.6. The van der Waals surface area contributed by atoms with Crippen LogP contribution in [0.1, 0.15) is 37.4 Å². The Labute approximate surface area is 118 Å². The molecule has 0 bridgehead atoms. The third-order valence-electron chi connectivity index (χ3n) is 4.08. The quantitative estimate of drug-likeness (QED) is 0.911. The standard InChI is InChI=1S/C16H19N3O/c1-16(2)9-13(11-6-4-5-7-12(11)16)18-14-8-15(20)19(3)10-17-14/h4-8,10,13,18H,9H2,1-3H3. The summed E-state index contributed by atoms with van der Waals surface area (Å²) in [6.07, 6.45) is 2.56. The van der Waals surface area contributed by atoms with Crippen molar-refractivity contribution in [2.24, 2.45) is 7.05 Å². The van der Waals surface area contributed by atoms with Crippen molar-refractivity contribution in [1.82, 2.24) is 9.55 Å². The number of benzene rings is 1. The highest BCUT2D eigenvalue weighted by Crippen LogP contribution is 2.45. The monoisotopic (exact) mass is 269 g/mol. The average molecular weight is 269 g/mol. The van der Waals surface area contributed by atoms with Crippen molar-refractivity contribution in [3.8, 4) is 0 Å². The van der Waals surface area contributed by atoms with Gasteiger partial charge < -0.3 is 9.88 Å². The summed E-state index contributed by atoms with van der Waals surface area (Å²) in [5, 5.41) is 3.40. The van der Waals surface area contributed by atoms with E-state index in [9.17, 15) is 4.79 Å². The Morgan fingerprint density at radius 1 is 1.35 bits per heavy atom. The van der Waals surface area contributed by atoms with Gasteiger partial charge >= 0.3 is 0 Å². The molecule has 0 radical (unpaired) electrons. The molecule has 2 aromatic rings. The van der Waals surface area contributed by atoms with Crippen LogP contribution in [-0.2, 0) is 12.5 Å². The first-order chi connectivity index (χ1) is 9.47.